The average molecular weight is 402 g/mol. The third-order valence-corrected chi connectivity index (χ3v) is 5.59. The molecule has 0 fully saturated rings. The molecule has 1 aromatic carbocycles. The minimum absolute atomic E-state index is 0.00689. The van der Waals surface area contributed by atoms with Gasteiger partial charge in [-0.1, -0.05) is 25.6 Å². The first-order chi connectivity index (χ1) is 13.2. The first kappa shape index (κ1) is 21.8. The average Bonchev–Trinajstić information content (AvgIpc) is 3.10. The molecular formula is C20H27N5O2S. The number of nitrogens with zero attached hydrogens (tertiary/aromatic N) is 4. The molecule has 1 N–H and O–H groups in total. The number of nitriles is 1. The van der Waals surface area contributed by atoms with Crippen LogP contribution in [0.5, 0.6) is 5.75 Å². The zero-order valence-corrected chi connectivity index (χ0v) is 18.0. The predicted molar refractivity (Wildman–Crippen MR) is 110 cm³/mol. The maximum absolute atomic E-state index is 12.4. The summed E-state index contributed by atoms with van der Waals surface area (Å²) in [4.78, 5) is 12.4. The van der Waals surface area contributed by atoms with Crippen molar-refractivity contribution in [3.8, 4) is 23.2 Å². The summed E-state index contributed by atoms with van der Waals surface area (Å²) in [5.74, 6) is 1.48. The molecule has 2 aromatic rings. The highest BCUT2D eigenvalue weighted by Gasteiger charge is 2.30. The second kappa shape index (κ2) is 9.11. The number of aromatic nitrogens is 3. The number of hydrogen-bond acceptors (Lipinski definition) is 6. The molecule has 1 amide bonds. The Hall–Kier alpha value is -2.53. The SMILES string of the molecule is COc1ccc(-c2nnc(SCC(=O)N[C@@](C)(C#N)C(C)C)n2C(C)C)cc1. The smallest absolute Gasteiger partial charge is 0.231 e. The minimum atomic E-state index is -0.891. The number of rotatable bonds is 8. The topological polar surface area (TPSA) is 92.8 Å². The molecule has 7 nitrogen and oxygen atoms in total. The van der Waals surface area contributed by atoms with E-state index >= 15 is 0 Å². The molecular weight excluding hydrogens is 374 g/mol. The molecule has 1 heterocycles. The highest BCUT2D eigenvalue weighted by Crippen LogP contribution is 2.28. The lowest BCUT2D eigenvalue weighted by molar-refractivity contribution is -0.120. The minimum Gasteiger partial charge on any atom is -0.497 e. The van der Waals surface area contributed by atoms with Crippen molar-refractivity contribution in [2.24, 2.45) is 5.92 Å². The molecule has 8 heteroatoms. The van der Waals surface area contributed by atoms with Gasteiger partial charge in [-0.2, -0.15) is 5.26 Å². The van der Waals surface area contributed by atoms with E-state index in [-0.39, 0.29) is 23.6 Å². The molecule has 0 bridgehead atoms. The van der Waals surface area contributed by atoms with Crippen LogP contribution in [0.1, 0.15) is 40.7 Å². The molecule has 0 radical (unpaired) electrons. The second-order valence-corrected chi connectivity index (χ2v) is 8.25. The van der Waals surface area contributed by atoms with Crippen LogP contribution < -0.4 is 10.1 Å². The second-order valence-electron chi connectivity index (χ2n) is 7.30. The van der Waals surface area contributed by atoms with E-state index in [1.54, 1.807) is 14.0 Å². The van der Waals surface area contributed by atoms with Gasteiger partial charge in [-0.25, -0.2) is 0 Å². The van der Waals surface area contributed by atoms with E-state index in [1.165, 1.54) is 11.8 Å². The summed E-state index contributed by atoms with van der Waals surface area (Å²) in [6.45, 7) is 9.65. The van der Waals surface area contributed by atoms with E-state index < -0.39 is 5.54 Å². The first-order valence-corrected chi connectivity index (χ1v) is 10.1. The molecule has 0 saturated carbocycles. The Kier molecular flexibility index (Phi) is 7.08. The number of carbonyl (C=O) groups excluding carboxylic acids is 1. The van der Waals surface area contributed by atoms with Crippen LogP contribution in [-0.4, -0.2) is 39.1 Å². The van der Waals surface area contributed by atoms with Gasteiger partial charge in [0.25, 0.3) is 0 Å². The van der Waals surface area contributed by atoms with Gasteiger partial charge < -0.3 is 10.1 Å². The van der Waals surface area contributed by atoms with Crippen LogP contribution in [0, 0.1) is 17.2 Å². The van der Waals surface area contributed by atoms with Gasteiger partial charge in [0.15, 0.2) is 11.0 Å². The van der Waals surface area contributed by atoms with Crippen molar-refractivity contribution in [2.75, 3.05) is 12.9 Å². The van der Waals surface area contributed by atoms with Crippen molar-refractivity contribution in [3.63, 3.8) is 0 Å². The third kappa shape index (κ3) is 4.84. The fourth-order valence-electron chi connectivity index (χ4n) is 2.54. The molecule has 1 aromatic heterocycles. The molecule has 0 aliphatic heterocycles. The largest absolute Gasteiger partial charge is 0.497 e. The number of carbonyl (C=O) groups is 1. The van der Waals surface area contributed by atoms with E-state index in [0.29, 0.717) is 5.16 Å². The molecule has 2 rings (SSSR count). The van der Waals surface area contributed by atoms with Gasteiger partial charge in [0.2, 0.25) is 5.91 Å². The molecule has 0 aliphatic carbocycles. The van der Waals surface area contributed by atoms with E-state index in [9.17, 15) is 10.1 Å². The van der Waals surface area contributed by atoms with E-state index in [0.717, 1.165) is 17.1 Å². The Morgan fingerprint density at radius 3 is 2.43 bits per heavy atom. The molecule has 28 heavy (non-hydrogen) atoms. The Morgan fingerprint density at radius 1 is 1.29 bits per heavy atom. The van der Waals surface area contributed by atoms with Crippen LogP contribution in [0.25, 0.3) is 11.4 Å². The van der Waals surface area contributed by atoms with Crippen LogP contribution in [0.2, 0.25) is 0 Å². The van der Waals surface area contributed by atoms with Crippen molar-refractivity contribution < 1.29 is 9.53 Å². The molecule has 0 saturated heterocycles. The van der Waals surface area contributed by atoms with Crippen molar-refractivity contribution in [1.82, 2.24) is 20.1 Å². The quantitative estimate of drug-likeness (QED) is 0.678. The maximum Gasteiger partial charge on any atom is 0.231 e. The summed E-state index contributed by atoms with van der Waals surface area (Å²) in [6.07, 6.45) is 0. The highest BCUT2D eigenvalue weighted by atomic mass is 32.2. The van der Waals surface area contributed by atoms with Crippen LogP contribution in [0.3, 0.4) is 0 Å². The zero-order chi connectivity index (χ0) is 20.9. The van der Waals surface area contributed by atoms with E-state index in [1.807, 2.05) is 56.5 Å². The zero-order valence-electron chi connectivity index (χ0n) is 17.2. The fraction of sp³-hybridized carbons (Fsp3) is 0.500. The molecule has 1 atom stereocenters. The van der Waals surface area contributed by atoms with Crippen molar-refractivity contribution >= 4 is 17.7 Å². The highest BCUT2D eigenvalue weighted by molar-refractivity contribution is 7.99. The van der Waals surface area contributed by atoms with Gasteiger partial charge in [-0.3, -0.25) is 9.36 Å². The maximum atomic E-state index is 12.4. The van der Waals surface area contributed by atoms with E-state index in [2.05, 4.69) is 21.6 Å². The van der Waals surface area contributed by atoms with Crippen molar-refractivity contribution in [2.45, 2.75) is 51.4 Å². The third-order valence-electron chi connectivity index (χ3n) is 4.65. The Morgan fingerprint density at radius 2 is 1.93 bits per heavy atom. The summed E-state index contributed by atoms with van der Waals surface area (Å²) in [5.41, 5.74) is 0.0348. The number of amides is 1. The summed E-state index contributed by atoms with van der Waals surface area (Å²) in [5, 5.41) is 21.5. The molecule has 0 spiro atoms. The summed E-state index contributed by atoms with van der Waals surface area (Å²) < 4.78 is 7.21. The number of benzene rings is 1. The summed E-state index contributed by atoms with van der Waals surface area (Å²) in [6, 6.07) is 9.94. The predicted octanol–water partition coefficient (Wildman–Crippen LogP) is 3.68. The van der Waals surface area contributed by atoms with Gasteiger partial charge in [-0.15, -0.1) is 10.2 Å². The van der Waals surface area contributed by atoms with Gasteiger partial charge in [0, 0.05) is 11.6 Å². The van der Waals surface area contributed by atoms with Crippen molar-refractivity contribution in [1.29, 1.82) is 5.26 Å². The Labute approximate surface area is 170 Å². The number of nitrogens with one attached hydrogen (secondary N) is 1. The van der Waals surface area contributed by atoms with Crippen LogP contribution in [0.4, 0.5) is 0 Å². The Balaban J connectivity index is 2.17. The fourth-order valence-corrected chi connectivity index (χ4v) is 3.40. The lowest BCUT2D eigenvalue weighted by Crippen LogP contribution is -2.49. The molecule has 0 unspecified atom stereocenters. The van der Waals surface area contributed by atoms with Gasteiger partial charge in [-0.05, 0) is 51.0 Å². The number of methoxy groups -OCH3 is 1. The van der Waals surface area contributed by atoms with Crippen LogP contribution in [-0.2, 0) is 4.79 Å². The van der Waals surface area contributed by atoms with Crippen LogP contribution >= 0.6 is 11.8 Å². The van der Waals surface area contributed by atoms with Crippen molar-refractivity contribution in [3.05, 3.63) is 24.3 Å². The van der Waals surface area contributed by atoms with Crippen LogP contribution in [0.15, 0.2) is 29.4 Å². The van der Waals surface area contributed by atoms with Gasteiger partial charge in [0.05, 0.1) is 18.9 Å². The van der Waals surface area contributed by atoms with E-state index in [4.69, 9.17) is 4.74 Å². The summed E-state index contributed by atoms with van der Waals surface area (Å²) >= 11 is 1.31. The van der Waals surface area contributed by atoms with Gasteiger partial charge >= 0.3 is 0 Å². The molecule has 0 aliphatic rings. The lowest BCUT2D eigenvalue weighted by atomic mass is 9.90. The number of hydrogen-bond donors (Lipinski definition) is 1. The van der Waals surface area contributed by atoms with Gasteiger partial charge in [0.1, 0.15) is 11.3 Å². The first-order valence-electron chi connectivity index (χ1n) is 9.16. The summed E-state index contributed by atoms with van der Waals surface area (Å²) in [7, 11) is 1.63. The lowest BCUT2D eigenvalue weighted by Gasteiger charge is -2.27. The Bertz CT molecular complexity index is 854. The monoisotopic (exact) mass is 401 g/mol. The number of thioether (sulfide) groups is 1. The normalized spacial score (nSPS) is 13.2. The molecule has 150 valence electrons. The number of ether oxygens (including phenoxy) is 1. The standard InChI is InChI=1S/C20H27N5O2S/c1-13(2)20(5,12-21)22-17(26)11-28-19-24-23-18(25(19)14(3)4)15-7-9-16(27-6)10-8-15/h7-10,13-14H,11H2,1-6H3,(H,22,26)/t20-/m0/s1.